The normalized spacial score (nSPS) is 14.1. The van der Waals surface area contributed by atoms with Gasteiger partial charge < -0.3 is 15.5 Å². The molecule has 0 aliphatic carbocycles. The zero-order valence-corrected chi connectivity index (χ0v) is 18.7. The van der Waals surface area contributed by atoms with Crippen molar-refractivity contribution < 1.29 is 4.79 Å². The van der Waals surface area contributed by atoms with Gasteiger partial charge in [0.25, 0.3) is 0 Å². The van der Waals surface area contributed by atoms with Gasteiger partial charge in [-0.3, -0.25) is 9.13 Å². The monoisotopic (exact) mass is 441 g/mol. The number of piperidine rings is 1. The van der Waals surface area contributed by atoms with Crippen LogP contribution in [0.2, 0.25) is 5.02 Å². The molecule has 1 aliphatic rings. The number of aromatic nitrogens is 2. The first-order valence-electron chi connectivity index (χ1n) is 10.9. The number of halogens is 1. The van der Waals surface area contributed by atoms with Crippen molar-refractivity contribution in [2.45, 2.75) is 46.2 Å². The summed E-state index contributed by atoms with van der Waals surface area (Å²) >= 11 is 6.03. The van der Waals surface area contributed by atoms with Crippen molar-refractivity contribution in [2.75, 3.05) is 28.6 Å². The lowest BCUT2D eigenvalue weighted by molar-refractivity contribution is 0.262. The maximum atomic E-state index is 12.8. The SMILES string of the molecule is CCn1c(=O)n(CC)c2cc(N3CCCCC3)c(NC(=O)Nc3cccc(Cl)c3)cc21. The van der Waals surface area contributed by atoms with Gasteiger partial charge in [0.1, 0.15) is 0 Å². The van der Waals surface area contributed by atoms with Crippen LogP contribution in [0.25, 0.3) is 11.0 Å². The molecule has 2 N–H and O–H groups in total. The number of amides is 2. The number of rotatable bonds is 5. The lowest BCUT2D eigenvalue weighted by Gasteiger charge is -2.30. The fraction of sp³-hybridized carbons (Fsp3) is 0.391. The summed E-state index contributed by atoms with van der Waals surface area (Å²) in [5.74, 6) is 0. The molecule has 1 fully saturated rings. The van der Waals surface area contributed by atoms with Crippen molar-refractivity contribution in [2.24, 2.45) is 0 Å². The van der Waals surface area contributed by atoms with E-state index in [1.54, 1.807) is 33.4 Å². The number of benzene rings is 2. The van der Waals surface area contributed by atoms with Crippen LogP contribution in [-0.2, 0) is 13.1 Å². The summed E-state index contributed by atoms with van der Waals surface area (Å²) in [5.41, 5.74) is 3.97. The minimum absolute atomic E-state index is 0.0230. The van der Waals surface area contributed by atoms with Gasteiger partial charge in [0, 0.05) is 36.9 Å². The Morgan fingerprint density at radius 3 is 2.29 bits per heavy atom. The molecule has 164 valence electrons. The van der Waals surface area contributed by atoms with E-state index in [4.69, 9.17) is 11.6 Å². The van der Waals surface area contributed by atoms with Gasteiger partial charge >= 0.3 is 11.7 Å². The van der Waals surface area contributed by atoms with Crippen LogP contribution in [-0.4, -0.2) is 28.3 Å². The Kier molecular flexibility index (Phi) is 6.23. The summed E-state index contributed by atoms with van der Waals surface area (Å²) in [6.07, 6.45) is 3.44. The predicted molar refractivity (Wildman–Crippen MR) is 128 cm³/mol. The largest absolute Gasteiger partial charge is 0.370 e. The van der Waals surface area contributed by atoms with Gasteiger partial charge in [0.2, 0.25) is 0 Å². The smallest absolute Gasteiger partial charge is 0.329 e. The molecule has 2 aromatic carbocycles. The van der Waals surface area contributed by atoms with E-state index < -0.39 is 0 Å². The molecule has 1 aliphatic heterocycles. The zero-order chi connectivity index (χ0) is 22.0. The Labute approximate surface area is 186 Å². The Bertz CT molecular complexity index is 1160. The molecule has 8 heteroatoms. The van der Waals surface area contributed by atoms with Crippen molar-refractivity contribution in [1.29, 1.82) is 0 Å². The fourth-order valence-corrected chi connectivity index (χ4v) is 4.50. The van der Waals surface area contributed by atoms with E-state index in [1.165, 1.54) is 6.42 Å². The van der Waals surface area contributed by atoms with Crippen molar-refractivity contribution >= 4 is 45.7 Å². The van der Waals surface area contributed by atoms with Crippen LogP contribution in [0.15, 0.2) is 41.2 Å². The summed E-state index contributed by atoms with van der Waals surface area (Å²) in [5, 5.41) is 6.40. The quantitative estimate of drug-likeness (QED) is 0.576. The second kappa shape index (κ2) is 9.06. The second-order valence-electron chi connectivity index (χ2n) is 7.77. The maximum absolute atomic E-state index is 12.8. The summed E-state index contributed by atoms with van der Waals surface area (Å²) < 4.78 is 3.54. The van der Waals surface area contributed by atoms with Gasteiger partial charge in [-0.1, -0.05) is 17.7 Å². The fourth-order valence-electron chi connectivity index (χ4n) is 4.31. The molecule has 0 bridgehead atoms. The van der Waals surface area contributed by atoms with Crippen molar-refractivity contribution in [1.82, 2.24) is 9.13 Å². The van der Waals surface area contributed by atoms with Crippen LogP contribution in [0.4, 0.5) is 21.9 Å². The van der Waals surface area contributed by atoms with Gasteiger partial charge in [0.05, 0.1) is 22.4 Å². The first-order chi connectivity index (χ1) is 15.0. The van der Waals surface area contributed by atoms with E-state index >= 15 is 0 Å². The second-order valence-corrected chi connectivity index (χ2v) is 8.20. The van der Waals surface area contributed by atoms with E-state index in [9.17, 15) is 9.59 Å². The molecule has 3 aromatic rings. The molecule has 7 nitrogen and oxygen atoms in total. The topological polar surface area (TPSA) is 71.3 Å². The highest BCUT2D eigenvalue weighted by Gasteiger charge is 2.21. The summed E-state index contributed by atoms with van der Waals surface area (Å²) in [4.78, 5) is 27.9. The number of aryl methyl sites for hydroxylation is 2. The van der Waals surface area contributed by atoms with Crippen molar-refractivity contribution in [3.05, 3.63) is 51.9 Å². The van der Waals surface area contributed by atoms with Crippen LogP contribution in [0.1, 0.15) is 33.1 Å². The highest BCUT2D eigenvalue weighted by molar-refractivity contribution is 6.30. The lowest BCUT2D eigenvalue weighted by Crippen LogP contribution is -2.31. The maximum Gasteiger partial charge on any atom is 0.329 e. The average molecular weight is 442 g/mol. The summed E-state index contributed by atoms with van der Waals surface area (Å²) in [6, 6.07) is 10.7. The number of carbonyl (C=O) groups excluding carboxylic acids is 1. The molecule has 0 saturated carbocycles. The van der Waals surface area contributed by atoms with E-state index in [0.29, 0.717) is 29.5 Å². The number of carbonyl (C=O) groups is 1. The Morgan fingerprint density at radius 1 is 0.968 bits per heavy atom. The number of imidazole rings is 1. The number of urea groups is 1. The molecule has 0 spiro atoms. The number of nitrogens with one attached hydrogen (secondary N) is 2. The number of nitrogens with zero attached hydrogens (tertiary/aromatic N) is 3. The highest BCUT2D eigenvalue weighted by atomic mass is 35.5. The van der Waals surface area contributed by atoms with Gasteiger partial charge in [-0.05, 0) is 63.4 Å². The lowest BCUT2D eigenvalue weighted by atomic mass is 10.1. The molecule has 31 heavy (non-hydrogen) atoms. The van der Waals surface area contributed by atoms with Crippen LogP contribution >= 0.6 is 11.6 Å². The number of anilines is 3. The molecule has 0 radical (unpaired) electrons. The van der Waals surface area contributed by atoms with E-state index in [0.717, 1.165) is 42.7 Å². The third-order valence-corrected chi connectivity index (χ3v) is 6.03. The molecule has 1 aromatic heterocycles. The molecule has 4 rings (SSSR count). The van der Waals surface area contributed by atoms with Gasteiger partial charge in [-0.2, -0.15) is 0 Å². The molecule has 0 unspecified atom stereocenters. The van der Waals surface area contributed by atoms with Crippen LogP contribution in [0.3, 0.4) is 0 Å². The third kappa shape index (κ3) is 4.28. The minimum Gasteiger partial charge on any atom is -0.370 e. The standard InChI is InChI=1S/C23H28ClN5O2/c1-3-28-20-14-18(26-22(30)25-17-10-8-9-16(24)13-17)19(27-11-6-5-7-12-27)15-21(20)29(4-2)23(28)31/h8-10,13-15H,3-7,11-12H2,1-2H3,(H2,25,26,30). The van der Waals surface area contributed by atoms with Gasteiger partial charge in [-0.15, -0.1) is 0 Å². The molecule has 2 heterocycles. The Hall–Kier alpha value is -2.93. The summed E-state index contributed by atoms with van der Waals surface area (Å²) in [7, 11) is 0. The Balaban J connectivity index is 1.75. The van der Waals surface area contributed by atoms with Gasteiger partial charge in [-0.25, -0.2) is 9.59 Å². The average Bonchev–Trinajstić information content (AvgIpc) is 3.03. The number of hydrogen-bond donors (Lipinski definition) is 2. The molecule has 2 amide bonds. The van der Waals surface area contributed by atoms with Crippen molar-refractivity contribution in [3.8, 4) is 0 Å². The highest BCUT2D eigenvalue weighted by Crippen LogP contribution is 2.33. The number of fused-ring (bicyclic) bond motifs is 1. The van der Waals surface area contributed by atoms with E-state index in [2.05, 4.69) is 15.5 Å². The molecule has 1 saturated heterocycles. The molecular weight excluding hydrogens is 414 g/mol. The Morgan fingerprint density at radius 2 is 1.65 bits per heavy atom. The third-order valence-electron chi connectivity index (χ3n) is 5.80. The first-order valence-corrected chi connectivity index (χ1v) is 11.2. The van der Waals surface area contributed by atoms with Crippen LogP contribution in [0, 0.1) is 0 Å². The van der Waals surface area contributed by atoms with Crippen LogP contribution < -0.4 is 21.2 Å². The van der Waals surface area contributed by atoms with E-state index in [1.807, 2.05) is 26.0 Å². The molecular formula is C23H28ClN5O2. The van der Waals surface area contributed by atoms with Crippen molar-refractivity contribution in [3.63, 3.8) is 0 Å². The predicted octanol–water partition coefficient (Wildman–Crippen LogP) is 5.13. The van der Waals surface area contributed by atoms with Gasteiger partial charge in [0.15, 0.2) is 0 Å². The minimum atomic E-state index is -0.347. The van der Waals surface area contributed by atoms with E-state index in [-0.39, 0.29) is 11.7 Å². The first kappa shape index (κ1) is 21.3. The molecule has 0 atom stereocenters. The zero-order valence-electron chi connectivity index (χ0n) is 17.9. The summed E-state index contributed by atoms with van der Waals surface area (Å²) in [6.45, 7) is 6.97. The number of hydrogen-bond acceptors (Lipinski definition) is 3. The van der Waals surface area contributed by atoms with Crippen LogP contribution in [0.5, 0.6) is 0 Å².